The first kappa shape index (κ1) is 27.4. The summed E-state index contributed by atoms with van der Waals surface area (Å²) in [5, 5.41) is 5.05. The van der Waals surface area contributed by atoms with Crippen LogP contribution >= 0.6 is 0 Å². The van der Waals surface area contributed by atoms with Gasteiger partial charge in [0.25, 0.3) is 0 Å². The molecule has 0 saturated carbocycles. The van der Waals surface area contributed by atoms with E-state index >= 15 is 0 Å². The second kappa shape index (κ2) is 13.1. The van der Waals surface area contributed by atoms with Crippen LogP contribution in [0.5, 0.6) is 0 Å². The van der Waals surface area contributed by atoms with Crippen LogP contribution in [0, 0.1) is 0 Å². The Morgan fingerprint density at radius 1 is 0.829 bits per heavy atom. The van der Waals surface area contributed by atoms with Gasteiger partial charge in [0.1, 0.15) is 24.3 Å². The van der Waals surface area contributed by atoms with Crippen molar-refractivity contribution in [2.45, 2.75) is 57.9 Å². The summed E-state index contributed by atoms with van der Waals surface area (Å²) in [5.74, 6) is -2.16. The van der Waals surface area contributed by atoms with Gasteiger partial charge in [-0.3, -0.25) is 9.59 Å². The summed E-state index contributed by atoms with van der Waals surface area (Å²) in [7, 11) is 1.15. The fraction of sp³-hybridized carbons (Fsp3) is 0.385. The molecule has 9 heteroatoms. The first-order valence-electron chi connectivity index (χ1n) is 11.2. The lowest BCUT2D eigenvalue weighted by Crippen LogP contribution is -2.53. The molecule has 2 rings (SSSR count). The van der Waals surface area contributed by atoms with Crippen molar-refractivity contribution in [2.24, 2.45) is 0 Å². The molecule has 188 valence electrons. The van der Waals surface area contributed by atoms with Gasteiger partial charge in [0, 0.05) is 6.42 Å². The van der Waals surface area contributed by atoms with Crippen molar-refractivity contribution in [2.75, 3.05) is 7.11 Å². The SMILES string of the molecule is COC(=O)[C@@H](CC(=O)OC(C)(C)C)NC(=O)[C@H](Cc1ccccc1)NC(=O)OCc1ccccc1. The Morgan fingerprint density at radius 2 is 1.40 bits per heavy atom. The lowest BCUT2D eigenvalue weighted by Gasteiger charge is -2.24. The molecule has 0 radical (unpaired) electrons. The molecule has 2 amide bonds. The van der Waals surface area contributed by atoms with Crippen LogP contribution < -0.4 is 10.6 Å². The Balaban J connectivity index is 2.11. The summed E-state index contributed by atoms with van der Waals surface area (Å²) in [4.78, 5) is 50.1. The van der Waals surface area contributed by atoms with Crippen molar-refractivity contribution in [1.82, 2.24) is 10.6 Å². The predicted molar refractivity (Wildman–Crippen MR) is 128 cm³/mol. The molecule has 0 fully saturated rings. The molecule has 0 aliphatic rings. The summed E-state index contributed by atoms with van der Waals surface area (Å²) in [5.41, 5.74) is 0.800. The third-order valence-electron chi connectivity index (χ3n) is 4.70. The quantitative estimate of drug-likeness (QED) is 0.393. The molecule has 0 bridgehead atoms. The first-order valence-corrected chi connectivity index (χ1v) is 11.2. The third kappa shape index (κ3) is 10.3. The summed E-state index contributed by atoms with van der Waals surface area (Å²) >= 11 is 0. The number of rotatable bonds is 10. The second-order valence-electron chi connectivity index (χ2n) is 8.82. The summed E-state index contributed by atoms with van der Waals surface area (Å²) in [6.07, 6.45) is -1.09. The molecule has 2 aromatic carbocycles. The van der Waals surface area contributed by atoms with Gasteiger partial charge in [0.2, 0.25) is 5.91 Å². The van der Waals surface area contributed by atoms with Crippen LogP contribution in [-0.4, -0.2) is 48.7 Å². The molecule has 2 atom stereocenters. The normalized spacial score (nSPS) is 12.6. The minimum atomic E-state index is -1.29. The van der Waals surface area contributed by atoms with Gasteiger partial charge in [0.15, 0.2) is 0 Å². The number of alkyl carbamates (subject to hydrolysis) is 1. The van der Waals surface area contributed by atoms with Crippen molar-refractivity contribution < 1.29 is 33.4 Å². The lowest BCUT2D eigenvalue weighted by molar-refractivity contribution is -0.159. The Morgan fingerprint density at radius 3 is 1.94 bits per heavy atom. The van der Waals surface area contributed by atoms with Crippen molar-refractivity contribution in [3.05, 3.63) is 71.8 Å². The van der Waals surface area contributed by atoms with E-state index in [2.05, 4.69) is 10.6 Å². The minimum Gasteiger partial charge on any atom is -0.467 e. The standard InChI is InChI=1S/C26H32N2O7/c1-26(2,3)35-22(29)16-21(24(31)33-4)27-23(30)20(15-18-11-7-5-8-12-18)28-25(32)34-17-19-13-9-6-10-14-19/h5-14,20-21H,15-17H2,1-4H3,(H,27,30)(H,28,32)/t20-,21+/m0/s1. The number of hydrogen-bond acceptors (Lipinski definition) is 7. The Hall–Kier alpha value is -3.88. The number of esters is 2. The molecule has 2 aromatic rings. The number of ether oxygens (including phenoxy) is 3. The van der Waals surface area contributed by atoms with Crippen LogP contribution in [0.3, 0.4) is 0 Å². The van der Waals surface area contributed by atoms with Gasteiger partial charge in [-0.25, -0.2) is 9.59 Å². The van der Waals surface area contributed by atoms with E-state index in [0.717, 1.165) is 18.2 Å². The van der Waals surface area contributed by atoms with Crippen LogP contribution in [-0.2, 0) is 41.6 Å². The number of hydrogen-bond donors (Lipinski definition) is 2. The fourth-order valence-corrected chi connectivity index (χ4v) is 3.12. The molecule has 0 aromatic heterocycles. The molecule has 9 nitrogen and oxygen atoms in total. The predicted octanol–water partition coefficient (Wildman–Crippen LogP) is 2.91. The maximum atomic E-state index is 13.1. The number of carbonyl (C=O) groups excluding carboxylic acids is 4. The molecule has 0 heterocycles. The number of amides is 2. The monoisotopic (exact) mass is 484 g/mol. The van der Waals surface area contributed by atoms with Gasteiger partial charge in [-0.2, -0.15) is 0 Å². The van der Waals surface area contributed by atoms with E-state index in [4.69, 9.17) is 14.2 Å². The zero-order valence-electron chi connectivity index (χ0n) is 20.4. The number of carbonyl (C=O) groups is 4. The van der Waals surface area contributed by atoms with E-state index in [1.165, 1.54) is 0 Å². The zero-order chi connectivity index (χ0) is 25.8. The van der Waals surface area contributed by atoms with Gasteiger partial charge in [0.05, 0.1) is 13.5 Å². The number of methoxy groups -OCH3 is 1. The molecule has 2 N–H and O–H groups in total. The van der Waals surface area contributed by atoms with Crippen molar-refractivity contribution >= 4 is 23.9 Å². The van der Waals surface area contributed by atoms with Gasteiger partial charge < -0.3 is 24.8 Å². The smallest absolute Gasteiger partial charge is 0.408 e. The van der Waals surface area contributed by atoms with Crippen molar-refractivity contribution in [3.8, 4) is 0 Å². The summed E-state index contributed by atoms with van der Waals surface area (Å²) in [6.45, 7) is 5.10. The molecule has 0 spiro atoms. The van der Waals surface area contributed by atoms with Gasteiger partial charge in [-0.15, -0.1) is 0 Å². The van der Waals surface area contributed by atoms with Gasteiger partial charge in [-0.05, 0) is 31.9 Å². The highest BCUT2D eigenvalue weighted by Crippen LogP contribution is 2.11. The molecule has 0 aliphatic heterocycles. The Bertz CT molecular complexity index is 988. The molecule has 35 heavy (non-hydrogen) atoms. The van der Waals surface area contributed by atoms with E-state index < -0.39 is 48.0 Å². The largest absolute Gasteiger partial charge is 0.467 e. The highest BCUT2D eigenvalue weighted by atomic mass is 16.6. The highest BCUT2D eigenvalue weighted by Gasteiger charge is 2.31. The molecule has 0 unspecified atom stereocenters. The van der Waals surface area contributed by atoms with Crippen LogP contribution in [0.15, 0.2) is 60.7 Å². The topological polar surface area (TPSA) is 120 Å². The minimum absolute atomic E-state index is 0.0236. The number of benzene rings is 2. The van der Waals surface area contributed by atoms with E-state index in [0.29, 0.717) is 0 Å². The van der Waals surface area contributed by atoms with E-state index in [-0.39, 0.29) is 13.0 Å². The van der Waals surface area contributed by atoms with Crippen LogP contribution in [0.1, 0.15) is 38.3 Å². The third-order valence-corrected chi connectivity index (χ3v) is 4.70. The molecule has 0 saturated heterocycles. The average Bonchev–Trinajstić information content (AvgIpc) is 2.81. The molecular weight excluding hydrogens is 452 g/mol. The van der Waals surface area contributed by atoms with Crippen molar-refractivity contribution in [3.63, 3.8) is 0 Å². The fourth-order valence-electron chi connectivity index (χ4n) is 3.12. The lowest BCUT2D eigenvalue weighted by atomic mass is 10.0. The van der Waals surface area contributed by atoms with E-state index in [1.807, 2.05) is 24.3 Å². The van der Waals surface area contributed by atoms with E-state index in [1.54, 1.807) is 57.2 Å². The Labute approximate surface area is 205 Å². The molecule has 0 aliphatic carbocycles. The van der Waals surface area contributed by atoms with Crippen molar-refractivity contribution in [1.29, 1.82) is 0 Å². The van der Waals surface area contributed by atoms with Gasteiger partial charge in [-0.1, -0.05) is 60.7 Å². The zero-order valence-corrected chi connectivity index (χ0v) is 20.4. The van der Waals surface area contributed by atoms with Crippen LogP contribution in [0.2, 0.25) is 0 Å². The number of nitrogens with one attached hydrogen (secondary N) is 2. The maximum absolute atomic E-state index is 13.1. The summed E-state index contributed by atoms with van der Waals surface area (Å²) < 4.78 is 15.2. The highest BCUT2D eigenvalue weighted by molar-refractivity contribution is 5.91. The van der Waals surface area contributed by atoms with Crippen LogP contribution in [0.25, 0.3) is 0 Å². The summed E-state index contributed by atoms with van der Waals surface area (Å²) in [6, 6.07) is 15.8. The average molecular weight is 485 g/mol. The van der Waals surface area contributed by atoms with Crippen LogP contribution in [0.4, 0.5) is 4.79 Å². The van der Waals surface area contributed by atoms with Gasteiger partial charge >= 0.3 is 18.0 Å². The maximum Gasteiger partial charge on any atom is 0.408 e. The first-order chi connectivity index (χ1) is 16.6. The second-order valence-corrected chi connectivity index (χ2v) is 8.82. The van der Waals surface area contributed by atoms with E-state index in [9.17, 15) is 19.2 Å². The Kier molecular flexibility index (Phi) is 10.3. The molecular formula is C26H32N2O7.